The van der Waals surface area contributed by atoms with Crippen LogP contribution in [-0.4, -0.2) is 33.1 Å². The molecule has 0 aliphatic rings. The summed E-state index contributed by atoms with van der Waals surface area (Å²) in [5.74, 6) is 0. The van der Waals surface area contributed by atoms with Crippen molar-refractivity contribution in [3.05, 3.63) is 27.4 Å². The Morgan fingerprint density at radius 3 is 2.41 bits per heavy atom. The van der Waals surface area contributed by atoms with E-state index >= 15 is 0 Å². The van der Waals surface area contributed by atoms with Gasteiger partial charge >= 0.3 is 0 Å². The highest BCUT2D eigenvalue weighted by atomic mass is 32.1. The van der Waals surface area contributed by atoms with Gasteiger partial charge in [-0.2, -0.15) is 0 Å². The lowest BCUT2D eigenvalue weighted by atomic mass is 10.2. The van der Waals surface area contributed by atoms with Crippen LogP contribution >= 0.6 is 12.2 Å². The van der Waals surface area contributed by atoms with E-state index in [1.807, 2.05) is 4.57 Å². The van der Waals surface area contributed by atoms with Crippen LogP contribution in [0.3, 0.4) is 0 Å². The highest BCUT2D eigenvalue weighted by Crippen LogP contribution is 2.05. The third-order valence-electron chi connectivity index (χ3n) is 2.82. The first-order chi connectivity index (χ1) is 7.91. The van der Waals surface area contributed by atoms with Crippen molar-refractivity contribution in [2.45, 2.75) is 46.3 Å². The van der Waals surface area contributed by atoms with Gasteiger partial charge in [-0.15, -0.1) is 0 Å². The van der Waals surface area contributed by atoms with E-state index in [4.69, 9.17) is 12.2 Å². The molecule has 17 heavy (non-hydrogen) atoms. The summed E-state index contributed by atoms with van der Waals surface area (Å²) >= 11 is 5.11. The number of nitrogens with one attached hydrogen (secondary N) is 1. The lowest BCUT2D eigenvalue weighted by molar-refractivity contribution is 0.168. The average molecular weight is 255 g/mol. The molecule has 0 atom stereocenters. The van der Waals surface area contributed by atoms with Crippen molar-refractivity contribution in [2.24, 2.45) is 0 Å². The van der Waals surface area contributed by atoms with E-state index < -0.39 is 0 Å². The average Bonchev–Trinajstić information content (AvgIpc) is 2.20. The monoisotopic (exact) mass is 255 g/mol. The van der Waals surface area contributed by atoms with Gasteiger partial charge in [-0.25, -0.2) is 0 Å². The van der Waals surface area contributed by atoms with Crippen molar-refractivity contribution in [1.29, 1.82) is 0 Å². The Morgan fingerprint density at radius 1 is 1.35 bits per heavy atom. The van der Waals surface area contributed by atoms with E-state index in [9.17, 15) is 4.79 Å². The number of nitrogens with zero attached hydrogens (tertiary/aromatic N) is 2. The van der Waals surface area contributed by atoms with Crippen LogP contribution in [-0.2, 0) is 6.54 Å². The van der Waals surface area contributed by atoms with Crippen LogP contribution in [0.2, 0.25) is 0 Å². The van der Waals surface area contributed by atoms with Crippen molar-refractivity contribution < 1.29 is 0 Å². The van der Waals surface area contributed by atoms with E-state index in [2.05, 4.69) is 37.6 Å². The molecular formula is C12H21N3OS. The first kappa shape index (κ1) is 14.1. The van der Waals surface area contributed by atoms with Crippen molar-refractivity contribution in [3.8, 4) is 0 Å². The highest BCUT2D eigenvalue weighted by molar-refractivity contribution is 7.71. The molecule has 0 amide bonds. The molecule has 1 aromatic heterocycles. The Bertz CT molecular complexity index is 453. The molecule has 4 nitrogen and oxygen atoms in total. The van der Waals surface area contributed by atoms with Crippen LogP contribution < -0.4 is 5.56 Å². The van der Waals surface area contributed by atoms with Gasteiger partial charge in [-0.1, -0.05) is 0 Å². The van der Waals surface area contributed by atoms with Gasteiger partial charge in [-0.3, -0.25) is 14.7 Å². The van der Waals surface area contributed by atoms with E-state index in [-0.39, 0.29) is 5.56 Å². The highest BCUT2D eigenvalue weighted by Gasteiger charge is 2.12. The summed E-state index contributed by atoms with van der Waals surface area (Å²) in [4.78, 5) is 16.1. The lowest BCUT2D eigenvalue weighted by Crippen LogP contribution is -2.39. The van der Waals surface area contributed by atoms with Gasteiger partial charge in [0.15, 0.2) is 4.77 Å². The second-order valence-electron chi connectivity index (χ2n) is 4.73. The van der Waals surface area contributed by atoms with Crippen molar-refractivity contribution >= 4 is 12.2 Å². The fraction of sp³-hybridized carbons (Fsp3) is 0.667. The van der Waals surface area contributed by atoms with E-state index in [1.54, 1.807) is 6.20 Å². The number of hydrogen-bond donors (Lipinski definition) is 1. The third kappa shape index (κ3) is 4.09. The third-order valence-corrected chi connectivity index (χ3v) is 3.16. The smallest absolute Gasteiger partial charge is 0.251 e. The molecule has 1 N–H and O–H groups in total. The van der Waals surface area contributed by atoms with Crippen molar-refractivity contribution in [2.75, 3.05) is 6.54 Å². The summed E-state index contributed by atoms with van der Waals surface area (Å²) in [6.45, 7) is 10.5. The molecule has 0 aliphatic carbocycles. The topological polar surface area (TPSA) is 41.0 Å². The van der Waals surface area contributed by atoms with Crippen molar-refractivity contribution in [1.82, 2.24) is 14.5 Å². The number of aromatic nitrogens is 2. The Morgan fingerprint density at radius 2 is 1.94 bits per heavy atom. The second-order valence-corrected chi connectivity index (χ2v) is 5.12. The van der Waals surface area contributed by atoms with E-state index in [0.717, 1.165) is 13.1 Å². The molecule has 0 radical (unpaired) electrons. The van der Waals surface area contributed by atoms with E-state index in [0.29, 0.717) is 16.9 Å². The fourth-order valence-corrected chi connectivity index (χ4v) is 2.21. The predicted octanol–water partition coefficient (Wildman–Crippen LogP) is 2.02. The maximum atomic E-state index is 11.1. The first-order valence-electron chi connectivity index (χ1n) is 5.97. The largest absolute Gasteiger partial charge is 0.324 e. The molecule has 5 heteroatoms. The molecule has 0 aromatic carbocycles. The first-order valence-corrected chi connectivity index (χ1v) is 6.38. The molecule has 0 saturated carbocycles. The zero-order valence-corrected chi connectivity index (χ0v) is 11.8. The summed E-state index contributed by atoms with van der Waals surface area (Å²) in [5.41, 5.74) is -0.143. The maximum Gasteiger partial charge on any atom is 0.251 e. The minimum atomic E-state index is -0.143. The zero-order chi connectivity index (χ0) is 13.0. The summed E-state index contributed by atoms with van der Waals surface area (Å²) < 4.78 is 2.39. The number of rotatable bonds is 5. The summed E-state index contributed by atoms with van der Waals surface area (Å²) in [6.07, 6.45) is 1.75. The van der Waals surface area contributed by atoms with Gasteiger partial charge in [0, 0.05) is 37.4 Å². The van der Waals surface area contributed by atoms with Gasteiger partial charge in [-0.05, 0) is 39.9 Å². The molecule has 0 aliphatic heterocycles. The number of aromatic amines is 1. The molecule has 1 heterocycles. The minimum absolute atomic E-state index is 0.143. The number of H-pyrrole nitrogens is 1. The Kier molecular flexibility index (Phi) is 5.08. The normalized spacial score (nSPS) is 11.7. The van der Waals surface area contributed by atoms with Crippen LogP contribution in [0.4, 0.5) is 0 Å². The fourth-order valence-electron chi connectivity index (χ4n) is 1.96. The molecule has 1 aromatic rings. The summed E-state index contributed by atoms with van der Waals surface area (Å²) in [5, 5.41) is 0. The standard InChI is InChI=1S/C12H21N3OS/c1-9(2)15(10(3)4)8-7-14-6-5-11(16)13-12(14)17/h5-6,9-10H,7-8H2,1-4H3,(H,13,16,17). The van der Waals surface area contributed by atoms with Gasteiger partial charge in [0.2, 0.25) is 0 Å². The second kappa shape index (κ2) is 6.12. The van der Waals surface area contributed by atoms with Gasteiger partial charge < -0.3 is 4.57 Å². The molecule has 0 fully saturated rings. The van der Waals surface area contributed by atoms with Crippen LogP contribution in [0.15, 0.2) is 17.1 Å². The maximum absolute atomic E-state index is 11.1. The molecule has 1 rings (SSSR count). The quantitative estimate of drug-likeness (QED) is 0.818. The SMILES string of the molecule is CC(C)N(CCn1ccc(=O)[nH]c1=S)C(C)C. The Balaban J connectivity index is 2.72. The lowest BCUT2D eigenvalue weighted by Gasteiger charge is -2.30. The molecule has 0 bridgehead atoms. The zero-order valence-electron chi connectivity index (χ0n) is 10.9. The summed E-state index contributed by atoms with van der Waals surface area (Å²) in [7, 11) is 0. The Hall–Kier alpha value is -0.940. The predicted molar refractivity (Wildman–Crippen MR) is 72.9 cm³/mol. The van der Waals surface area contributed by atoms with Gasteiger partial charge in [0.25, 0.3) is 5.56 Å². The molecular weight excluding hydrogens is 234 g/mol. The van der Waals surface area contributed by atoms with Crippen LogP contribution in [0.1, 0.15) is 27.7 Å². The van der Waals surface area contributed by atoms with E-state index in [1.165, 1.54) is 6.07 Å². The molecule has 0 spiro atoms. The van der Waals surface area contributed by atoms with Crippen LogP contribution in [0.25, 0.3) is 0 Å². The Labute approximate surface area is 107 Å². The van der Waals surface area contributed by atoms with Gasteiger partial charge in [0.1, 0.15) is 0 Å². The number of hydrogen-bond acceptors (Lipinski definition) is 3. The molecule has 96 valence electrons. The molecule has 0 unspecified atom stereocenters. The minimum Gasteiger partial charge on any atom is -0.324 e. The van der Waals surface area contributed by atoms with Crippen LogP contribution in [0.5, 0.6) is 0 Å². The van der Waals surface area contributed by atoms with Crippen LogP contribution in [0, 0.1) is 4.77 Å². The van der Waals surface area contributed by atoms with Crippen molar-refractivity contribution in [3.63, 3.8) is 0 Å². The summed E-state index contributed by atoms with van der Waals surface area (Å²) in [6, 6.07) is 2.52. The molecule has 0 saturated heterocycles. The van der Waals surface area contributed by atoms with Gasteiger partial charge in [0.05, 0.1) is 0 Å².